The van der Waals surface area contributed by atoms with Crippen LogP contribution < -0.4 is 5.73 Å². The Balaban J connectivity index is 2.42. The van der Waals surface area contributed by atoms with Gasteiger partial charge in [-0.2, -0.15) is 0 Å². The zero-order chi connectivity index (χ0) is 13.9. The van der Waals surface area contributed by atoms with E-state index in [1.165, 1.54) is 37.7 Å². The Morgan fingerprint density at radius 3 is 2.47 bits per heavy atom. The van der Waals surface area contributed by atoms with Gasteiger partial charge in [0.2, 0.25) is 0 Å². The highest BCUT2D eigenvalue weighted by Crippen LogP contribution is 2.13. The molecule has 2 N–H and O–H groups in total. The molecule has 0 saturated heterocycles. The number of nitrogens with zero attached hydrogens (tertiary/aromatic N) is 1. The molecule has 0 aliphatic heterocycles. The molecule has 1 unspecified atom stereocenters. The topological polar surface area (TPSA) is 29.3 Å². The molecule has 1 aromatic rings. The Labute approximate surface area is 119 Å². The van der Waals surface area contributed by atoms with E-state index in [-0.39, 0.29) is 0 Å². The molecule has 0 fully saturated rings. The number of benzene rings is 1. The van der Waals surface area contributed by atoms with Crippen LogP contribution in [0, 0.1) is 0 Å². The van der Waals surface area contributed by atoms with E-state index in [4.69, 9.17) is 5.73 Å². The van der Waals surface area contributed by atoms with E-state index < -0.39 is 0 Å². The van der Waals surface area contributed by atoms with Crippen molar-refractivity contribution >= 4 is 0 Å². The predicted octanol–water partition coefficient (Wildman–Crippen LogP) is 3.81. The molecule has 0 aliphatic rings. The van der Waals surface area contributed by atoms with Gasteiger partial charge in [-0.05, 0) is 18.9 Å². The summed E-state index contributed by atoms with van der Waals surface area (Å²) in [7, 11) is 0. The van der Waals surface area contributed by atoms with Gasteiger partial charge in [0.05, 0.1) is 0 Å². The SMILES string of the molecule is CCCCCCC(C)N(CCN)Cc1ccccc1. The number of unbranched alkanes of at least 4 members (excludes halogenated alkanes) is 3. The Morgan fingerprint density at radius 2 is 1.84 bits per heavy atom. The zero-order valence-corrected chi connectivity index (χ0v) is 12.6. The Hall–Kier alpha value is -0.860. The summed E-state index contributed by atoms with van der Waals surface area (Å²) in [4.78, 5) is 2.52. The second kappa shape index (κ2) is 9.99. The Kier molecular flexibility index (Phi) is 8.52. The van der Waals surface area contributed by atoms with Gasteiger partial charge in [0.15, 0.2) is 0 Å². The van der Waals surface area contributed by atoms with Crippen molar-refractivity contribution in [3.63, 3.8) is 0 Å². The summed E-state index contributed by atoms with van der Waals surface area (Å²) in [5.74, 6) is 0. The van der Waals surface area contributed by atoms with Crippen LogP contribution in [-0.4, -0.2) is 24.0 Å². The van der Waals surface area contributed by atoms with Crippen LogP contribution in [0.1, 0.15) is 51.5 Å². The highest BCUT2D eigenvalue weighted by Gasteiger charge is 2.13. The number of hydrogen-bond acceptors (Lipinski definition) is 2. The van der Waals surface area contributed by atoms with Crippen LogP contribution in [0.5, 0.6) is 0 Å². The molecule has 1 rings (SSSR count). The Morgan fingerprint density at radius 1 is 1.11 bits per heavy atom. The van der Waals surface area contributed by atoms with Crippen LogP contribution in [0.2, 0.25) is 0 Å². The monoisotopic (exact) mass is 262 g/mol. The van der Waals surface area contributed by atoms with Crippen molar-refractivity contribution in [2.75, 3.05) is 13.1 Å². The van der Waals surface area contributed by atoms with Gasteiger partial charge in [-0.3, -0.25) is 4.90 Å². The molecule has 108 valence electrons. The molecule has 0 radical (unpaired) electrons. The lowest BCUT2D eigenvalue weighted by Gasteiger charge is -2.29. The standard InChI is InChI=1S/C17H30N2/c1-3-4-5-7-10-16(2)19(14-13-18)15-17-11-8-6-9-12-17/h6,8-9,11-12,16H,3-5,7,10,13-15,18H2,1-2H3. The zero-order valence-electron chi connectivity index (χ0n) is 12.6. The number of rotatable bonds is 10. The maximum Gasteiger partial charge on any atom is 0.0237 e. The van der Waals surface area contributed by atoms with Gasteiger partial charge < -0.3 is 5.73 Å². The fourth-order valence-corrected chi connectivity index (χ4v) is 2.49. The molecule has 0 aromatic heterocycles. The molecule has 0 bridgehead atoms. The average molecular weight is 262 g/mol. The van der Waals surface area contributed by atoms with Crippen molar-refractivity contribution in [2.45, 2.75) is 58.5 Å². The number of hydrogen-bond donors (Lipinski definition) is 1. The van der Waals surface area contributed by atoms with Gasteiger partial charge in [-0.1, -0.05) is 62.9 Å². The molecule has 0 heterocycles. The van der Waals surface area contributed by atoms with Crippen molar-refractivity contribution in [3.05, 3.63) is 35.9 Å². The lowest BCUT2D eigenvalue weighted by atomic mass is 10.1. The third kappa shape index (κ3) is 6.74. The van der Waals surface area contributed by atoms with Gasteiger partial charge in [-0.15, -0.1) is 0 Å². The molecule has 2 heteroatoms. The van der Waals surface area contributed by atoms with Gasteiger partial charge >= 0.3 is 0 Å². The highest BCUT2D eigenvalue weighted by atomic mass is 15.2. The normalized spacial score (nSPS) is 12.8. The van der Waals surface area contributed by atoms with Gasteiger partial charge in [-0.25, -0.2) is 0 Å². The number of nitrogens with two attached hydrogens (primary N) is 1. The van der Waals surface area contributed by atoms with Crippen molar-refractivity contribution in [1.82, 2.24) is 4.90 Å². The molecule has 1 atom stereocenters. The molecular formula is C17H30N2. The second-order valence-corrected chi connectivity index (χ2v) is 5.44. The summed E-state index contributed by atoms with van der Waals surface area (Å²) >= 11 is 0. The molecule has 0 saturated carbocycles. The first-order chi connectivity index (χ1) is 9.27. The minimum absolute atomic E-state index is 0.626. The third-order valence-electron chi connectivity index (χ3n) is 3.74. The maximum atomic E-state index is 5.76. The first-order valence-electron chi connectivity index (χ1n) is 7.76. The predicted molar refractivity (Wildman–Crippen MR) is 84.1 cm³/mol. The summed E-state index contributed by atoms with van der Waals surface area (Å²) < 4.78 is 0. The van der Waals surface area contributed by atoms with Crippen molar-refractivity contribution < 1.29 is 0 Å². The summed E-state index contributed by atoms with van der Waals surface area (Å²) in [5, 5.41) is 0. The quantitative estimate of drug-likeness (QED) is 0.650. The van der Waals surface area contributed by atoms with E-state index in [2.05, 4.69) is 49.1 Å². The molecular weight excluding hydrogens is 232 g/mol. The first-order valence-corrected chi connectivity index (χ1v) is 7.76. The molecule has 0 amide bonds. The summed E-state index contributed by atoms with van der Waals surface area (Å²) in [6.45, 7) is 7.35. The van der Waals surface area contributed by atoms with Gasteiger partial charge in [0.1, 0.15) is 0 Å². The van der Waals surface area contributed by atoms with Crippen molar-refractivity contribution in [2.24, 2.45) is 5.73 Å². The fraction of sp³-hybridized carbons (Fsp3) is 0.647. The minimum atomic E-state index is 0.626. The molecule has 0 spiro atoms. The summed E-state index contributed by atoms with van der Waals surface area (Å²) in [6, 6.07) is 11.3. The molecule has 1 aromatic carbocycles. The van der Waals surface area contributed by atoms with E-state index in [0.717, 1.165) is 19.6 Å². The van der Waals surface area contributed by atoms with Crippen molar-refractivity contribution in [1.29, 1.82) is 0 Å². The van der Waals surface area contributed by atoms with Crippen LogP contribution in [0.15, 0.2) is 30.3 Å². The van der Waals surface area contributed by atoms with Crippen molar-refractivity contribution in [3.8, 4) is 0 Å². The average Bonchev–Trinajstić information content (AvgIpc) is 2.44. The summed E-state index contributed by atoms with van der Waals surface area (Å²) in [5.41, 5.74) is 7.14. The second-order valence-electron chi connectivity index (χ2n) is 5.44. The van der Waals surface area contributed by atoms with E-state index in [1.807, 2.05) is 0 Å². The van der Waals surface area contributed by atoms with E-state index in [1.54, 1.807) is 0 Å². The van der Waals surface area contributed by atoms with E-state index >= 15 is 0 Å². The lowest BCUT2D eigenvalue weighted by molar-refractivity contribution is 0.193. The molecule has 19 heavy (non-hydrogen) atoms. The maximum absolute atomic E-state index is 5.76. The molecule has 0 aliphatic carbocycles. The van der Waals surface area contributed by atoms with Crippen LogP contribution in [0.25, 0.3) is 0 Å². The van der Waals surface area contributed by atoms with Crippen LogP contribution in [-0.2, 0) is 6.54 Å². The molecule has 2 nitrogen and oxygen atoms in total. The van der Waals surface area contributed by atoms with Crippen LogP contribution in [0.4, 0.5) is 0 Å². The van der Waals surface area contributed by atoms with Crippen LogP contribution in [0.3, 0.4) is 0 Å². The van der Waals surface area contributed by atoms with E-state index in [9.17, 15) is 0 Å². The largest absolute Gasteiger partial charge is 0.329 e. The Bertz CT molecular complexity index is 310. The first kappa shape index (κ1) is 16.2. The highest BCUT2D eigenvalue weighted by molar-refractivity contribution is 5.14. The fourth-order valence-electron chi connectivity index (χ4n) is 2.49. The van der Waals surface area contributed by atoms with Gasteiger partial charge in [0, 0.05) is 25.7 Å². The van der Waals surface area contributed by atoms with Crippen LogP contribution >= 0.6 is 0 Å². The third-order valence-corrected chi connectivity index (χ3v) is 3.74. The summed E-state index contributed by atoms with van der Waals surface area (Å²) in [6.07, 6.45) is 6.66. The minimum Gasteiger partial charge on any atom is -0.329 e. The van der Waals surface area contributed by atoms with Gasteiger partial charge in [0.25, 0.3) is 0 Å². The lowest BCUT2D eigenvalue weighted by Crippen LogP contribution is -2.36. The smallest absolute Gasteiger partial charge is 0.0237 e. The van der Waals surface area contributed by atoms with E-state index in [0.29, 0.717) is 6.04 Å².